The highest BCUT2D eigenvalue weighted by atomic mass is 15.1. The Hall–Kier alpha value is -1.06. The zero-order valence-corrected chi connectivity index (χ0v) is 12.7. The Kier molecular flexibility index (Phi) is 4.83. The summed E-state index contributed by atoms with van der Waals surface area (Å²) in [6.45, 7) is 4.49. The number of rotatable bonds is 4. The molecule has 0 amide bonds. The van der Waals surface area contributed by atoms with Crippen LogP contribution in [0.5, 0.6) is 0 Å². The van der Waals surface area contributed by atoms with Crippen LogP contribution in [0.4, 0.5) is 5.69 Å². The van der Waals surface area contributed by atoms with Crippen LogP contribution in [0.1, 0.15) is 25.3 Å². The minimum Gasteiger partial charge on any atom is -0.377 e. The van der Waals surface area contributed by atoms with Crippen LogP contribution in [-0.4, -0.2) is 44.7 Å². The van der Waals surface area contributed by atoms with Crippen molar-refractivity contribution in [2.75, 3.05) is 32.6 Å². The van der Waals surface area contributed by atoms with Gasteiger partial charge in [0.05, 0.1) is 0 Å². The first-order valence-electron chi connectivity index (χ1n) is 7.26. The fourth-order valence-electron chi connectivity index (χ4n) is 2.83. The molecule has 1 heterocycles. The monoisotopic (exact) mass is 261 g/mol. The third-order valence-electron chi connectivity index (χ3n) is 4.26. The van der Waals surface area contributed by atoms with Gasteiger partial charge in [-0.2, -0.15) is 0 Å². The molecule has 1 N–H and O–H groups in total. The summed E-state index contributed by atoms with van der Waals surface area (Å²) in [4.78, 5) is 4.64. The number of para-hydroxylation sites is 1. The number of likely N-dealkylation sites (tertiary alicyclic amines) is 1. The van der Waals surface area contributed by atoms with E-state index in [1.54, 1.807) is 0 Å². The van der Waals surface area contributed by atoms with Crippen LogP contribution in [-0.2, 0) is 6.54 Å². The first kappa shape index (κ1) is 14.4. The lowest BCUT2D eigenvalue weighted by Crippen LogP contribution is -2.45. The van der Waals surface area contributed by atoms with Gasteiger partial charge < -0.3 is 15.1 Å². The average Bonchev–Trinajstić information content (AvgIpc) is 2.40. The molecule has 3 heteroatoms. The minimum atomic E-state index is 0.654. The van der Waals surface area contributed by atoms with Gasteiger partial charge >= 0.3 is 0 Å². The van der Waals surface area contributed by atoms with Gasteiger partial charge in [0.1, 0.15) is 0 Å². The molecule has 19 heavy (non-hydrogen) atoms. The van der Waals surface area contributed by atoms with Crippen LogP contribution in [0.15, 0.2) is 24.3 Å². The van der Waals surface area contributed by atoms with E-state index in [1.165, 1.54) is 30.6 Å². The van der Waals surface area contributed by atoms with Gasteiger partial charge in [-0.25, -0.2) is 0 Å². The van der Waals surface area contributed by atoms with E-state index >= 15 is 0 Å². The maximum Gasteiger partial charge on any atom is 0.0406 e. The van der Waals surface area contributed by atoms with Gasteiger partial charge in [0.15, 0.2) is 0 Å². The molecular formula is C16H27N3. The first-order chi connectivity index (χ1) is 9.08. The fraction of sp³-hybridized carbons (Fsp3) is 0.625. The maximum atomic E-state index is 3.73. The Labute approximate surface area is 117 Å². The van der Waals surface area contributed by atoms with Crippen molar-refractivity contribution in [1.82, 2.24) is 10.2 Å². The summed E-state index contributed by atoms with van der Waals surface area (Å²) in [5.74, 6) is 0. The summed E-state index contributed by atoms with van der Waals surface area (Å²) in [5.41, 5.74) is 2.70. The van der Waals surface area contributed by atoms with E-state index in [0.717, 1.165) is 6.54 Å². The summed E-state index contributed by atoms with van der Waals surface area (Å²) in [6, 6.07) is 9.99. The number of benzene rings is 1. The molecule has 0 aliphatic carbocycles. The van der Waals surface area contributed by atoms with Crippen molar-refractivity contribution >= 4 is 5.69 Å². The molecule has 0 aromatic heterocycles. The standard InChI is InChI=1S/C16H27N3/c1-13-11-15(9-10-19(13)4)17-12-14-7-5-6-8-16(14)18(2)3/h5-8,13,15,17H,9-12H2,1-4H3. The maximum absolute atomic E-state index is 3.73. The second-order valence-corrected chi connectivity index (χ2v) is 5.95. The normalized spacial score (nSPS) is 24.4. The third kappa shape index (κ3) is 3.71. The summed E-state index contributed by atoms with van der Waals surface area (Å²) >= 11 is 0. The summed E-state index contributed by atoms with van der Waals surface area (Å²) in [5, 5.41) is 3.73. The Bertz CT molecular complexity index is 403. The summed E-state index contributed by atoms with van der Waals surface area (Å²) in [6.07, 6.45) is 2.51. The first-order valence-corrected chi connectivity index (χ1v) is 7.26. The number of nitrogens with one attached hydrogen (secondary N) is 1. The topological polar surface area (TPSA) is 18.5 Å². The Morgan fingerprint density at radius 2 is 2.05 bits per heavy atom. The molecular weight excluding hydrogens is 234 g/mol. The average molecular weight is 261 g/mol. The smallest absolute Gasteiger partial charge is 0.0406 e. The van der Waals surface area contributed by atoms with E-state index < -0.39 is 0 Å². The minimum absolute atomic E-state index is 0.654. The van der Waals surface area contributed by atoms with E-state index in [9.17, 15) is 0 Å². The molecule has 0 saturated carbocycles. The van der Waals surface area contributed by atoms with Crippen LogP contribution in [0, 0.1) is 0 Å². The number of piperidine rings is 1. The lowest BCUT2D eigenvalue weighted by Gasteiger charge is -2.35. The largest absolute Gasteiger partial charge is 0.377 e. The highest BCUT2D eigenvalue weighted by molar-refractivity contribution is 5.52. The zero-order valence-electron chi connectivity index (χ0n) is 12.7. The summed E-state index contributed by atoms with van der Waals surface area (Å²) < 4.78 is 0. The number of anilines is 1. The van der Waals surface area contributed by atoms with Crippen molar-refractivity contribution in [2.45, 2.75) is 38.4 Å². The molecule has 2 unspecified atom stereocenters. The van der Waals surface area contributed by atoms with Crippen LogP contribution < -0.4 is 10.2 Å². The van der Waals surface area contributed by atoms with Crippen LogP contribution in [0.25, 0.3) is 0 Å². The van der Waals surface area contributed by atoms with E-state index in [2.05, 4.69) is 67.4 Å². The van der Waals surface area contributed by atoms with Gasteiger partial charge in [-0.3, -0.25) is 0 Å². The Balaban J connectivity index is 1.92. The van der Waals surface area contributed by atoms with Gasteiger partial charge in [-0.15, -0.1) is 0 Å². The Morgan fingerprint density at radius 3 is 2.74 bits per heavy atom. The molecule has 1 aliphatic rings. The molecule has 2 atom stereocenters. The number of hydrogen-bond acceptors (Lipinski definition) is 3. The second-order valence-electron chi connectivity index (χ2n) is 5.95. The van der Waals surface area contributed by atoms with Gasteiger partial charge in [-0.05, 0) is 45.0 Å². The molecule has 3 nitrogen and oxygen atoms in total. The molecule has 0 radical (unpaired) electrons. The summed E-state index contributed by atoms with van der Waals surface area (Å²) in [7, 11) is 6.44. The predicted octanol–water partition coefficient (Wildman–Crippen LogP) is 2.32. The van der Waals surface area contributed by atoms with Crippen molar-refractivity contribution in [1.29, 1.82) is 0 Å². The third-order valence-corrected chi connectivity index (χ3v) is 4.26. The molecule has 1 fully saturated rings. The lowest BCUT2D eigenvalue weighted by atomic mass is 9.98. The van der Waals surface area contributed by atoms with Crippen molar-refractivity contribution < 1.29 is 0 Å². The van der Waals surface area contributed by atoms with Crippen LogP contribution in [0.3, 0.4) is 0 Å². The second kappa shape index (κ2) is 6.40. The van der Waals surface area contributed by atoms with Gasteiger partial charge in [0.2, 0.25) is 0 Å². The number of hydrogen-bond donors (Lipinski definition) is 1. The SMILES string of the molecule is CC1CC(NCc2ccccc2N(C)C)CCN1C. The van der Waals surface area contributed by atoms with E-state index in [0.29, 0.717) is 12.1 Å². The van der Waals surface area contributed by atoms with Gasteiger partial charge in [0, 0.05) is 38.4 Å². The van der Waals surface area contributed by atoms with E-state index in [1.807, 2.05) is 0 Å². The van der Waals surface area contributed by atoms with E-state index in [4.69, 9.17) is 0 Å². The van der Waals surface area contributed by atoms with Crippen molar-refractivity contribution in [3.63, 3.8) is 0 Å². The molecule has 0 spiro atoms. The quantitative estimate of drug-likeness (QED) is 0.897. The van der Waals surface area contributed by atoms with Crippen LogP contribution in [0.2, 0.25) is 0 Å². The number of nitrogens with zero attached hydrogens (tertiary/aromatic N) is 2. The van der Waals surface area contributed by atoms with Crippen molar-refractivity contribution in [3.8, 4) is 0 Å². The highest BCUT2D eigenvalue weighted by Crippen LogP contribution is 2.20. The van der Waals surface area contributed by atoms with Gasteiger partial charge in [0.25, 0.3) is 0 Å². The lowest BCUT2D eigenvalue weighted by molar-refractivity contribution is 0.168. The molecule has 1 saturated heterocycles. The molecule has 1 aromatic carbocycles. The van der Waals surface area contributed by atoms with Gasteiger partial charge in [-0.1, -0.05) is 18.2 Å². The molecule has 0 bridgehead atoms. The van der Waals surface area contributed by atoms with Crippen molar-refractivity contribution in [3.05, 3.63) is 29.8 Å². The fourth-order valence-corrected chi connectivity index (χ4v) is 2.83. The highest BCUT2D eigenvalue weighted by Gasteiger charge is 2.22. The molecule has 1 aliphatic heterocycles. The van der Waals surface area contributed by atoms with Crippen LogP contribution >= 0.6 is 0 Å². The Morgan fingerprint density at radius 1 is 1.32 bits per heavy atom. The molecule has 106 valence electrons. The zero-order chi connectivity index (χ0) is 13.8. The molecule has 1 aromatic rings. The predicted molar refractivity (Wildman–Crippen MR) is 82.7 cm³/mol. The van der Waals surface area contributed by atoms with Crippen molar-refractivity contribution in [2.24, 2.45) is 0 Å². The molecule has 2 rings (SSSR count). The van der Waals surface area contributed by atoms with E-state index in [-0.39, 0.29) is 0 Å².